The van der Waals surface area contributed by atoms with Crippen LogP contribution in [0.15, 0.2) is 0 Å². The summed E-state index contributed by atoms with van der Waals surface area (Å²) in [6.45, 7) is -1.17. The molecule has 0 radical (unpaired) electrons. The van der Waals surface area contributed by atoms with E-state index in [0.29, 0.717) is 25.7 Å². The van der Waals surface area contributed by atoms with Crippen LogP contribution < -0.4 is 5.32 Å². The normalized spacial score (nSPS) is 42.9. The summed E-state index contributed by atoms with van der Waals surface area (Å²) in [7, 11) is 0. The molecule has 0 aromatic carbocycles. The molecule has 4 heterocycles. The van der Waals surface area contributed by atoms with E-state index in [4.69, 9.17) is 37.9 Å². The fourth-order valence-electron chi connectivity index (χ4n) is 6.87. The highest BCUT2D eigenvalue weighted by molar-refractivity contribution is 5.78. The average Bonchev–Trinajstić information content (AvgIpc) is 3.22. The molecule has 8 unspecified atom stereocenters. The van der Waals surface area contributed by atoms with Gasteiger partial charge in [0.1, 0.15) is 97.3 Å². The van der Waals surface area contributed by atoms with Crippen LogP contribution in [0.1, 0.15) is 39.0 Å². The summed E-state index contributed by atoms with van der Waals surface area (Å²) < 4.78 is 43.6. The summed E-state index contributed by atoms with van der Waals surface area (Å²) in [4.78, 5) is 35.8. The molecule has 342 valence electrons. The number of amides is 1. The number of carboxylic acids is 1. The van der Waals surface area contributed by atoms with Crippen molar-refractivity contribution in [1.29, 1.82) is 0 Å². The average molecular weight is 864 g/mol. The van der Waals surface area contributed by atoms with Gasteiger partial charge in [0, 0.05) is 25.8 Å². The van der Waals surface area contributed by atoms with Gasteiger partial charge in [0.2, 0.25) is 5.91 Å². The van der Waals surface area contributed by atoms with Crippen LogP contribution >= 0.6 is 0 Å². The molecule has 0 bridgehead atoms. The first kappa shape index (κ1) is 49.5. The molecule has 25 heteroatoms. The molecule has 0 aliphatic carbocycles. The first-order valence-electron chi connectivity index (χ1n) is 19.2. The minimum absolute atomic E-state index is 0.0298. The quantitative estimate of drug-likeness (QED) is 0.0505. The Morgan fingerprint density at radius 2 is 0.983 bits per heavy atom. The second-order valence-electron chi connectivity index (χ2n) is 14.5. The molecule has 59 heavy (non-hydrogen) atoms. The summed E-state index contributed by atoms with van der Waals surface area (Å²) >= 11 is 0. The number of ether oxygens (including phenoxy) is 8. The Labute approximate surface area is 336 Å². The van der Waals surface area contributed by atoms with Crippen LogP contribution in [-0.2, 0) is 52.3 Å². The van der Waals surface area contributed by atoms with Crippen molar-refractivity contribution in [1.82, 2.24) is 5.32 Å². The molecular weight excluding hydrogens is 806 g/mol. The number of carboxylic acid groups (broad SMARTS) is 1. The Bertz CT molecular complexity index is 1330. The first-order chi connectivity index (χ1) is 28.0. The maximum Gasteiger partial charge on any atom is 0.335 e. The lowest BCUT2D eigenvalue weighted by Crippen LogP contribution is -2.68. The molecule has 0 aromatic heterocycles. The zero-order valence-corrected chi connectivity index (χ0v) is 31.9. The predicted octanol–water partition coefficient (Wildman–Crippen LogP) is -7.98. The fourth-order valence-corrected chi connectivity index (χ4v) is 6.87. The highest BCUT2D eigenvalue weighted by Crippen LogP contribution is 2.34. The number of Topliss-reactive ketones (excluding diaryl/α,β-unsaturated/α-hetero) is 1. The Morgan fingerprint density at radius 1 is 0.542 bits per heavy atom. The van der Waals surface area contributed by atoms with Crippen molar-refractivity contribution < 1.29 is 119 Å². The predicted molar refractivity (Wildman–Crippen MR) is 185 cm³/mol. The van der Waals surface area contributed by atoms with Gasteiger partial charge in [0.25, 0.3) is 0 Å². The van der Waals surface area contributed by atoms with Gasteiger partial charge in [0.15, 0.2) is 31.3 Å². The van der Waals surface area contributed by atoms with Gasteiger partial charge in [-0.25, -0.2) is 4.79 Å². The van der Waals surface area contributed by atoms with E-state index in [2.05, 4.69) is 5.32 Å². The van der Waals surface area contributed by atoms with Crippen LogP contribution in [0.25, 0.3) is 0 Å². The highest BCUT2D eigenvalue weighted by atomic mass is 16.8. The summed E-state index contributed by atoms with van der Waals surface area (Å²) in [5.41, 5.74) is 0. The minimum Gasteiger partial charge on any atom is -0.479 e. The van der Waals surface area contributed by atoms with Gasteiger partial charge in [-0.3, -0.25) is 9.59 Å². The Morgan fingerprint density at radius 3 is 1.51 bits per heavy atom. The molecule has 4 fully saturated rings. The van der Waals surface area contributed by atoms with E-state index in [-0.39, 0.29) is 31.3 Å². The number of carbonyl (C=O) groups excluding carboxylic acids is 2. The third kappa shape index (κ3) is 12.0. The number of hydrogen-bond donors (Lipinski definition) is 14. The number of rotatable bonds is 20. The van der Waals surface area contributed by atoms with Crippen molar-refractivity contribution in [2.24, 2.45) is 0 Å². The van der Waals surface area contributed by atoms with Crippen molar-refractivity contribution >= 4 is 17.7 Å². The largest absolute Gasteiger partial charge is 0.479 e. The number of hydrogen-bond acceptors (Lipinski definition) is 23. The minimum atomic E-state index is -2.25. The molecule has 25 nitrogen and oxygen atoms in total. The second-order valence-corrected chi connectivity index (χ2v) is 14.5. The first-order valence-corrected chi connectivity index (χ1v) is 19.2. The summed E-state index contributed by atoms with van der Waals surface area (Å²) in [5, 5.41) is 138. The maximum absolute atomic E-state index is 12.3. The molecule has 14 N–H and O–H groups in total. The SMILES string of the molecule is CCC(=O)CCCCC(=O)NCCO[C@@H]1OC(CO)[C@@H](O[C@@H]2OC(C(=O)O)[C@@H](O[C@H]3OC(CO)[C@H](O[C@H]4OC(CO)[C@@H](O)[C@H](O)C4O)[C@H](O)C3O)[C@H](O)C2O)[C@H](O)C1O. The monoisotopic (exact) mass is 863 g/mol. The van der Waals surface area contributed by atoms with E-state index < -0.39 is 149 Å². The number of carbonyl (C=O) groups is 3. The highest BCUT2D eigenvalue weighted by Gasteiger charge is 2.56. The number of aliphatic hydroxyl groups excluding tert-OH is 12. The molecule has 20 atom stereocenters. The van der Waals surface area contributed by atoms with E-state index >= 15 is 0 Å². The van der Waals surface area contributed by atoms with Crippen molar-refractivity contribution in [3.63, 3.8) is 0 Å². The van der Waals surface area contributed by atoms with Crippen LogP contribution in [-0.4, -0.2) is 240 Å². The lowest BCUT2D eigenvalue weighted by Gasteiger charge is -2.48. The summed E-state index contributed by atoms with van der Waals surface area (Å²) in [5.74, 6) is -2.04. The van der Waals surface area contributed by atoms with Crippen molar-refractivity contribution in [2.45, 2.75) is 162 Å². The number of aliphatic hydroxyl groups is 12. The van der Waals surface area contributed by atoms with Crippen LogP contribution in [0.5, 0.6) is 0 Å². The lowest BCUT2D eigenvalue weighted by atomic mass is 9.95. The molecule has 4 saturated heterocycles. The van der Waals surface area contributed by atoms with Gasteiger partial charge < -0.3 is 110 Å². The Hall–Kier alpha value is -2.19. The molecular formula is C34H57NO24. The maximum atomic E-state index is 12.3. The zero-order valence-electron chi connectivity index (χ0n) is 31.9. The third-order valence-corrected chi connectivity index (χ3v) is 10.4. The van der Waals surface area contributed by atoms with Crippen LogP contribution in [0.4, 0.5) is 0 Å². The van der Waals surface area contributed by atoms with Crippen LogP contribution in [0.3, 0.4) is 0 Å². The Kier molecular flexibility index (Phi) is 19.1. The number of ketones is 1. The van der Waals surface area contributed by atoms with Gasteiger partial charge in [-0.15, -0.1) is 0 Å². The number of aliphatic carboxylic acids is 1. The number of unbranched alkanes of at least 4 members (excludes halogenated alkanes) is 1. The van der Waals surface area contributed by atoms with Crippen LogP contribution in [0, 0.1) is 0 Å². The second kappa shape index (κ2) is 22.8. The van der Waals surface area contributed by atoms with E-state index in [9.17, 15) is 80.8 Å². The van der Waals surface area contributed by atoms with Crippen molar-refractivity contribution in [3.8, 4) is 0 Å². The summed E-state index contributed by atoms with van der Waals surface area (Å²) in [6.07, 6.45) is -36.0. The van der Waals surface area contributed by atoms with Gasteiger partial charge >= 0.3 is 5.97 Å². The molecule has 0 spiro atoms. The third-order valence-electron chi connectivity index (χ3n) is 10.4. The molecule has 0 saturated carbocycles. The molecule has 0 aromatic rings. The number of nitrogens with one attached hydrogen (secondary N) is 1. The topological polar surface area (TPSA) is 400 Å². The van der Waals surface area contributed by atoms with Gasteiger partial charge in [-0.1, -0.05) is 6.92 Å². The van der Waals surface area contributed by atoms with Gasteiger partial charge in [-0.2, -0.15) is 0 Å². The lowest BCUT2D eigenvalue weighted by molar-refractivity contribution is -0.385. The van der Waals surface area contributed by atoms with Gasteiger partial charge in [0.05, 0.1) is 26.4 Å². The van der Waals surface area contributed by atoms with E-state index in [0.717, 1.165) is 0 Å². The molecule has 4 aliphatic rings. The van der Waals surface area contributed by atoms with Gasteiger partial charge in [-0.05, 0) is 12.8 Å². The van der Waals surface area contributed by atoms with Crippen molar-refractivity contribution in [3.05, 3.63) is 0 Å². The molecule has 1 amide bonds. The Balaban J connectivity index is 1.34. The molecule has 4 rings (SSSR count). The van der Waals surface area contributed by atoms with E-state index in [1.165, 1.54) is 0 Å². The van der Waals surface area contributed by atoms with Crippen LogP contribution in [0.2, 0.25) is 0 Å². The van der Waals surface area contributed by atoms with E-state index in [1.807, 2.05) is 0 Å². The fraction of sp³-hybridized carbons (Fsp3) is 0.912. The summed E-state index contributed by atoms with van der Waals surface area (Å²) in [6, 6.07) is 0. The van der Waals surface area contributed by atoms with Crippen molar-refractivity contribution in [2.75, 3.05) is 33.0 Å². The standard InChI is InChI=1S/C34H57NO24/c1-2-12(39)5-3-4-6-16(40)35-7-8-52-31-23(47)19(43)26(14(10-37)54-31)57-34-25(49)21(45)28(29(59-34)30(50)51)58-33-24(48)20(44)27(15(11-38)55-33)56-32-22(46)18(42)17(41)13(9-36)53-32/h13-15,17-29,31-34,36-38,41-49H,2-11H2,1H3,(H,35,40)(H,50,51)/t13?,14?,15?,17-,18+,19-,20-,21-,22?,23?,24?,25?,26-,27+,28+,29?,31-,32-,33-,34-/m1/s1. The smallest absolute Gasteiger partial charge is 0.335 e. The van der Waals surface area contributed by atoms with E-state index in [1.54, 1.807) is 6.92 Å². The molecule has 4 aliphatic heterocycles. The zero-order chi connectivity index (χ0) is 43.7.